The van der Waals surface area contributed by atoms with Gasteiger partial charge in [0.05, 0.1) is 6.54 Å². The zero-order chi connectivity index (χ0) is 16.1. The highest BCUT2D eigenvalue weighted by atomic mass is 16.2. The van der Waals surface area contributed by atoms with Crippen LogP contribution in [0.15, 0.2) is 24.3 Å². The van der Waals surface area contributed by atoms with E-state index in [2.05, 4.69) is 41.5 Å². The summed E-state index contributed by atoms with van der Waals surface area (Å²) in [5.41, 5.74) is 2.38. The average Bonchev–Trinajstić information content (AvgIpc) is 2.47. The highest BCUT2D eigenvalue weighted by Gasteiger charge is 2.29. The fourth-order valence-corrected chi connectivity index (χ4v) is 3.06. The summed E-state index contributed by atoms with van der Waals surface area (Å²) < 4.78 is 0. The van der Waals surface area contributed by atoms with Crippen LogP contribution in [0.25, 0.3) is 0 Å². The number of urea groups is 1. The molecule has 0 aromatic heterocycles. The second kappa shape index (κ2) is 7.29. The number of carbonyl (C=O) groups is 2. The van der Waals surface area contributed by atoms with Crippen LogP contribution in [0, 0.1) is 5.92 Å². The van der Waals surface area contributed by atoms with Crippen molar-refractivity contribution < 1.29 is 9.59 Å². The fraction of sp³-hybridized carbons (Fsp3) is 0.529. The van der Waals surface area contributed by atoms with Crippen molar-refractivity contribution >= 4 is 17.6 Å². The van der Waals surface area contributed by atoms with Crippen molar-refractivity contribution in [2.45, 2.75) is 39.7 Å². The molecule has 0 fully saturated rings. The molecule has 120 valence electrons. The van der Waals surface area contributed by atoms with Crippen LogP contribution in [0.2, 0.25) is 0 Å². The molecular weight excluding hydrogens is 278 g/mol. The molecule has 3 amide bonds. The molecule has 0 unspecified atom stereocenters. The number of rotatable bonds is 4. The second-order valence-electron chi connectivity index (χ2n) is 6.01. The third-order valence-electron chi connectivity index (χ3n) is 4.08. The summed E-state index contributed by atoms with van der Waals surface area (Å²) in [6.07, 6.45) is 2.07. The molecule has 0 aliphatic carbocycles. The van der Waals surface area contributed by atoms with Gasteiger partial charge in [-0.25, -0.2) is 4.79 Å². The van der Waals surface area contributed by atoms with Crippen LogP contribution in [0.5, 0.6) is 0 Å². The number of anilines is 1. The Morgan fingerprint density at radius 2 is 2.05 bits per heavy atom. The number of benzene rings is 1. The first-order valence-electron chi connectivity index (χ1n) is 7.95. The molecule has 1 atom stereocenters. The van der Waals surface area contributed by atoms with Gasteiger partial charge in [-0.15, -0.1) is 0 Å². The summed E-state index contributed by atoms with van der Waals surface area (Å²) in [5, 5.41) is 4.97. The smallest absolute Gasteiger partial charge is 0.321 e. The lowest BCUT2D eigenvalue weighted by molar-refractivity contribution is -0.118. The van der Waals surface area contributed by atoms with Crippen LogP contribution >= 0.6 is 0 Å². The minimum absolute atomic E-state index is 0.205. The maximum absolute atomic E-state index is 12.2. The molecule has 0 bridgehead atoms. The van der Waals surface area contributed by atoms with Crippen molar-refractivity contribution in [3.8, 4) is 0 Å². The van der Waals surface area contributed by atoms with Gasteiger partial charge in [0.1, 0.15) is 0 Å². The van der Waals surface area contributed by atoms with Crippen molar-refractivity contribution in [1.29, 1.82) is 0 Å². The third-order valence-corrected chi connectivity index (χ3v) is 4.08. The molecule has 1 heterocycles. The van der Waals surface area contributed by atoms with E-state index < -0.39 is 6.03 Å². The van der Waals surface area contributed by atoms with Crippen molar-refractivity contribution in [3.63, 3.8) is 0 Å². The molecule has 0 radical (unpaired) electrons. The monoisotopic (exact) mass is 303 g/mol. The van der Waals surface area contributed by atoms with E-state index in [-0.39, 0.29) is 12.5 Å². The zero-order valence-electron chi connectivity index (χ0n) is 13.6. The van der Waals surface area contributed by atoms with Crippen LogP contribution in [0.4, 0.5) is 10.5 Å². The number of aryl methyl sites for hydroxylation is 1. The van der Waals surface area contributed by atoms with E-state index in [1.165, 1.54) is 5.56 Å². The minimum Gasteiger partial charge on any atom is -0.359 e. The number of carbonyl (C=O) groups excluding carboxylic acids is 2. The van der Waals surface area contributed by atoms with Gasteiger partial charge in [0, 0.05) is 18.3 Å². The lowest BCUT2D eigenvalue weighted by atomic mass is 9.89. The molecule has 1 aliphatic heterocycles. The van der Waals surface area contributed by atoms with Gasteiger partial charge < -0.3 is 10.2 Å². The minimum atomic E-state index is -0.432. The molecule has 0 spiro atoms. The Balaban J connectivity index is 2.14. The van der Waals surface area contributed by atoms with Crippen molar-refractivity contribution in [1.82, 2.24) is 10.6 Å². The van der Waals surface area contributed by atoms with Crippen LogP contribution in [0.3, 0.4) is 0 Å². The number of amides is 3. The zero-order valence-corrected chi connectivity index (χ0v) is 13.6. The quantitative estimate of drug-likeness (QED) is 0.897. The summed E-state index contributed by atoms with van der Waals surface area (Å²) in [7, 11) is 0. The van der Waals surface area contributed by atoms with Crippen LogP contribution in [0.1, 0.15) is 32.8 Å². The van der Waals surface area contributed by atoms with Crippen LogP contribution in [-0.2, 0) is 11.2 Å². The van der Waals surface area contributed by atoms with Crippen LogP contribution in [-0.4, -0.2) is 31.1 Å². The Bertz CT molecular complexity index is 542. The van der Waals surface area contributed by atoms with Gasteiger partial charge in [0.15, 0.2) is 0 Å². The Morgan fingerprint density at radius 3 is 2.73 bits per heavy atom. The molecular formula is C17H25N3O2. The van der Waals surface area contributed by atoms with Crippen LogP contribution < -0.4 is 15.5 Å². The van der Waals surface area contributed by atoms with E-state index in [1.54, 1.807) is 0 Å². The third kappa shape index (κ3) is 3.78. The van der Waals surface area contributed by atoms with Gasteiger partial charge in [-0.1, -0.05) is 32.0 Å². The molecule has 22 heavy (non-hydrogen) atoms. The number of hydrogen-bond acceptors (Lipinski definition) is 3. The van der Waals surface area contributed by atoms with Gasteiger partial charge in [-0.3, -0.25) is 10.1 Å². The molecule has 1 aromatic rings. The second-order valence-corrected chi connectivity index (χ2v) is 6.01. The molecule has 1 aliphatic rings. The highest BCUT2D eigenvalue weighted by molar-refractivity contribution is 5.96. The number of nitrogens with zero attached hydrogens (tertiary/aromatic N) is 1. The standard InChI is InChI=1S/C17H25N3O2/c1-4-18-17(22)19-16(21)11-20-14(12(2)3)10-9-13-7-5-6-8-15(13)20/h5-8,12,14H,4,9-11H2,1-3H3,(H2,18,19,21,22)/t14-/m1/s1. The molecule has 2 rings (SSSR count). The van der Waals surface area contributed by atoms with Gasteiger partial charge in [-0.05, 0) is 37.3 Å². The lowest BCUT2D eigenvalue weighted by Gasteiger charge is -2.40. The van der Waals surface area contributed by atoms with E-state index >= 15 is 0 Å². The van der Waals surface area contributed by atoms with E-state index in [1.807, 2.05) is 19.1 Å². The van der Waals surface area contributed by atoms with E-state index in [0.717, 1.165) is 18.5 Å². The lowest BCUT2D eigenvalue weighted by Crippen LogP contribution is -2.50. The Labute approximate surface area is 132 Å². The van der Waals surface area contributed by atoms with Gasteiger partial charge in [0.2, 0.25) is 5.91 Å². The SMILES string of the molecule is CCNC(=O)NC(=O)CN1c2ccccc2CC[C@@H]1C(C)C. The van der Waals surface area contributed by atoms with Crippen molar-refractivity contribution in [2.75, 3.05) is 18.0 Å². The highest BCUT2D eigenvalue weighted by Crippen LogP contribution is 2.33. The Morgan fingerprint density at radius 1 is 1.32 bits per heavy atom. The molecule has 0 saturated heterocycles. The summed E-state index contributed by atoms with van der Waals surface area (Å²) in [6.45, 7) is 6.87. The fourth-order valence-electron chi connectivity index (χ4n) is 3.06. The number of imide groups is 1. The molecule has 5 nitrogen and oxygen atoms in total. The van der Waals surface area contributed by atoms with Gasteiger partial charge >= 0.3 is 6.03 Å². The molecule has 5 heteroatoms. The van der Waals surface area contributed by atoms with E-state index in [9.17, 15) is 9.59 Å². The largest absolute Gasteiger partial charge is 0.359 e. The first kappa shape index (κ1) is 16.3. The summed E-state index contributed by atoms with van der Waals surface area (Å²) >= 11 is 0. The first-order valence-corrected chi connectivity index (χ1v) is 7.95. The summed E-state index contributed by atoms with van der Waals surface area (Å²) in [4.78, 5) is 25.8. The predicted octanol–water partition coefficient (Wildman–Crippen LogP) is 2.31. The van der Waals surface area contributed by atoms with E-state index in [0.29, 0.717) is 18.5 Å². The average molecular weight is 303 g/mol. The predicted molar refractivity (Wildman–Crippen MR) is 88.0 cm³/mol. The number of fused-ring (bicyclic) bond motifs is 1. The van der Waals surface area contributed by atoms with Gasteiger partial charge in [0.25, 0.3) is 0 Å². The topological polar surface area (TPSA) is 61.4 Å². The maximum Gasteiger partial charge on any atom is 0.321 e. The Hall–Kier alpha value is -2.04. The first-order chi connectivity index (χ1) is 10.5. The normalized spacial score (nSPS) is 17.1. The number of hydrogen-bond donors (Lipinski definition) is 2. The maximum atomic E-state index is 12.2. The van der Waals surface area contributed by atoms with Gasteiger partial charge in [-0.2, -0.15) is 0 Å². The van der Waals surface area contributed by atoms with Crippen molar-refractivity contribution in [2.24, 2.45) is 5.92 Å². The summed E-state index contributed by atoms with van der Waals surface area (Å²) in [6, 6.07) is 8.08. The molecule has 2 N–H and O–H groups in total. The summed E-state index contributed by atoms with van der Waals surface area (Å²) in [5.74, 6) is 0.180. The number of para-hydroxylation sites is 1. The molecule has 0 saturated carbocycles. The number of nitrogens with one attached hydrogen (secondary N) is 2. The Kier molecular flexibility index (Phi) is 5.41. The molecule has 1 aromatic carbocycles. The van der Waals surface area contributed by atoms with E-state index in [4.69, 9.17) is 0 Å². The van der Waals surface area contributed by atoms with Crippen molar-refractivity contribution in [3.05, 3.63) is 29.8 Å².